The van der Waals surface area contributed by atoms with Crippen molar-refractivity contribution >= 4 is 28.5 Å². The number of nitrogens with zero attached hydrogens (tertiary/aromatic N) is 4. The molecule has 0 radical (unpaired) electrons. The largest absolute Gasteiger partial charge is 0.478 e. The molecule has 1 N–H and O–H groups in total. The maximum atomic E-state index is 12.9. The van der Waals surface area contributed by atoms with Gasteiger partial charge in [0.1, 0.15) is 0 Å². The highest BCUT2D eigenvalue weighted by Gasteiger charge is 2.22. The van der Waals surface area contributed by atoms with Gasteiger partial charge in [-0.1, -0.05) is 18.2 Å². The van der Waals surface area contributed by atoms with Crippen LogP contribution in [-0.2, 0) is 6.54 Å². The number of carboxylic acid groups (broad SMARTS) is 1. The van der Waals surface area contributed by atoms with E-state index in [2.05, 4.69) is 26.9 Å². The molecule has 0 aliphatic carbocycles. The highest BCUT2D eigenvalue weighted by Crippen LogP contribution is 2.21. The van der Waals surface area contributed by atoms with E-state index in [1.54, 1.807) is 10.6 Å². The van der Waals surface area contributed by atoms with E-state index in [-0.39, 0.29) is 11.1 Å². The Balaban J connectivity index is 1.68. The number of hydrogen-bond donors (Lipinski definition) is 1. The first kappa shape index (κ1) is 18.0. The molecule has 1 aliphatic heterocycles. The van der Waals surface area contributed by atoms with Crippen molar-refractivity contribution in [1.29, 1.82) is 0 Å². The molecule has 0 unspecified atom stereocenters. The summed E-state index contributed by atoms with van der Waals surface area (Å²) >= 11 is 0. The molecule has 28 heavy (non-hydrogen) atoms. The van der Waals surface area contributed by atoms with Crippen LogP contribution >= 0.6 is 0 Å². The minimum Gasteiger partial charge on any atom is -0.478 e. The number of rotatable bonds is 4. The highest BCUT2D eigenvalue weighted by atomic mass is 16.4. The zero-order valence-electron chi connectivity index (χ0n) is 15.7. The second-order valence-corrected chi connectivity index (χ2v) is 6.81. The summed E-state index contributed by atoms with van der Waals surface area (Å²) in [5, 5.41) is 9.69. The molecule has 0 atom stereocenters. The Morgan fingerprint density at radius 1 is 1.04 bits per heavy atom. The summed E-state index contributed by atoms with van der Waals surface area (Å²) < 4.78 is 1.67. The third kappa shape index (κ3) is 3.19. The molecule has 1 aliphatic rings. The van der Waals surface area contributed by atoms with Crippen LogP contribution in [0.15, 0.2) is 53.3 Å². The highest BCUT2D eigenvalue weighted by molar-refractivity contribution is 5.93. The number of fused-ring (bicyclic) bond motifs is 1. The molecular weight excluding hydrogens is 356 g/mol. The fourth-order valence-electron chi connectivity index (χ4n) is 3.67. The molecular formula is C21H22N4O3. The Hall–Kier alpha value is -3.35. The quantitative estimate of drug-likeness (QED) is 0.751. The molecule has 2 heterocycles. The van der Waals surface area contributed by atoms with Gasteiger partial charge in [0.15, 0.2) is 0 Å². The molecule has 4 rings (SSSR count). The number of benzene rings is 2. The molecule has 7 heteroatoms. The molecule has 0 spiro atoms. The molecule has 0 bridgehead atoms. The summed E-state index contributed by atoms with van der Waals surface area (Å²) in [6.45, 7) is 5.57. The average molecular weight is 378 g/mol. The summed E-state index contributed by atoms with van der Waals surface area (Å²) in [6.07, 6.45) is 0. The van der Waals surface area contributed by atoms with Gasteiger partial charge < -0.3 is 14.9 Å². The third-order valence-electron chi connectivity index (χ3n) is 5.18. The molecule has 1 saturated heterocycles. The molecule has 0 amide bonds. The second-order valence-electron chi connectivity index (χ2n) is 6.81. The average Bonchev–Trinajstić information content (AvgIpc) is 2.74. The summed E-state index contributed by atoms with van der Waals surface area (Å²) in [4.78, 5) is 33.3. The van der Waals surface area contributed by atoms with Crippen LogP contribution < -0.4 is 15.4 Å². The van der Waals surface area contributed by atoms with Crippen molar-refractivity contribution in [2.45, 2.75) is 13.5 Å². The van der Waals surface area contributed by atoms with Crippen LogP contribution in [0.5, 0.6) is 0 Å². The van der Waals surface area contributed by atoms with Gasteiger partial charge in [-0.2, -0.15) is 0 Å². The molecule has 3 aromatic rings. The van der Waals surface area contributed by atoms with Crippen LogP contribution in [0.3, 0.4) is 0 Å². The number of aromatic nitrogens is 2. The first-order valence-corrected chi connectivity index (χ1v) is 9.41. The molecule has 144 valence electrons. The summed E-state index contributed by atoms with van der Waals surface area (Å²) in [6, 6.07) is 14.7. The van der Waals surface area contributed by atoms with Gasteiger partial charge >= 0.3 is 5.97 Å². The minimum absolute atomic E-state index is 0.133. The van der Waals surface area contributed by atoms with Crippen molar-refractivity contribution in [3.63, 3.8) is 0 Å². The smallest absolute Gasteiger partial charge is 0.335 e. The van der Waals surface area contributed by atoms with Gasteiger partial charge in [0.05, 0.1) is 16.5 Å². The molecule has 7 nitrogen and oxygen atoms in total. The first-order valence-electron chi connectivity index (χ1n) is 9.41. The standard InChI is InChI=1S/C21H22N4O3/c1-2-25-19(26)17-9-8-15(20(27)28)14-18(17)22-21(25)24-12-10-23(11-13-24)16-6-4-3-5-7-16/h3-9,14H,2,10-13H2,1H3,(H,27,28). The van der Waals surface area contributed by atoms with Crippen molar-refractivity contribution in [2.24, 2.45) is 0 Å². The van der Waals surface area contributed by atoms with E-state index < -0.39 is 5.97 Å². The van der Waals surface area contributed by atoms with Gasteiger partial charge in [-0.3, -0.25) is 9.36 Å². The molecule has 2 aromatic carbocycles. The van der Waals surface area contributed by atoms with Crippen LogP contribution in [0.2, 0.25) is 0 Å². The van der Waals surface area contributed by atoms with Crippen molar-refractivity contribution in [2.75, 3.05) is 36.0 Å². The lowest BCUT2D eigenvalue weighted by Gasteiger charge is -2.37. The van der Waals surface area contributed by atoms with Gasteiger partial charge in [0.25, 0.3) is 5.56 Å². The van der Waals surface area contributed by atoms with E-state index >= 15 is 0 Å². The number of anilines is 2. The van der Waals surface area contributed by atoms with Crippen LogP contribution in [0.25, 0.3) is 10.9 Å². The van der Waals surface area contributed by atoms with Crippen LogP contribution in [0, 0.1) is 0 Å². The van der Waals surface area contributed by atoms with E-state index in [1.807, 2.05) is 25.1 Å². The Morgan fingerprint density at radius 3 is 2.36 bits per heavy atom. The van der Waals surface area contributed by atoms with Crippen LogP contribution in [0.4, 0.5) is 11.6 Å². The number of carbonyl (C=O) groups is 1. The zero-order valence-corrected chi connectivity index (χ0v) is 15.7. The predicted octanol–water partition coefficient (Wildman–Crippen LogP) is 2.44. The third-order valence-corrected chi connectivity index (χ3v) is 5.18. The fraction of sp³-hybridized carbons (Fsp3) is 0.286. The minimum atomic E-state index is -1.03. The SMILES string of the molecule is CCn1c(N2CCN(c3ccccc3)CC2)nc2cc(C(=O)O)ccc2c1=O. The Kier molecular flexibility index (Phi) is 4.73. The van der Waals surface area contributed by atoms with E-state index in [4.69, 9.17) is 0 Å². The number of carboxylic acids is 1. The maximum Gasteiger partial charge on any atom is 0.335 e. The van der Waals surface area contributed by atoms with E-state index in [0.29, 0.717) is 23.4 Å². The van der Waals surface area contributed by atoms with E-state index in [9.17, 15) is 14.7 Å². The summed E-state index contributed by atoms with van der Waals surface area (Å²) in [5.41, 5.74) is 1.61. The van der Waals surface area contributed by atoms with Gasteiger partial charge in [-0.25, -0.2) is 9.78 Å². The van der Waals surface area contributed by atoms with Crippen molar-refractivity contribution < 1.29 is 9.90 Å². The van der Waals surface area contributed by atoms with E-state index in [0.717, 1.165) is 26.2 Å². The maximum absolute atomic E-state index is 12.9. The topological polar surface area (TPSA) is 78.7 Å². The number of piperazine rings is 1. The van der Waals surface area contributed by atoms with Crippen LogP contribution in [-0.4, -0.2) is 46.8 Å². The monoisotopic (exact) mass is 378 g/mol. The zero-order chi connectivity index (χ0) is 19.7. The number of aromatic carboxylic acids is 1. The first-order chi connectivity index (χ1) is 13.6. The number of para-hydroxylation sites is 1. The summed E-state index contributed by atoms with van der Waals surface area (Å²) in [5.74, 6) is -0.420. The van der Waals surface area contributed by atoms with Gasteiger partial charge in [0, 0.05) is 38.4 Å². The lowest BCUT2D eigenvalue weighted by atomic mass is 10.1. The Morgan fingerprint density at radius 2 is 1.71 bits per heavy atom. The van der Waals surface area contributed by atoms with Crippen LogP contribution in [0.1, 0.15) is 17.3 Å². The van der Waals surface area contributed by atoms with Gasteiger partial charge in [-0.15, -0.1) is 0 Å². The Labute approximate surface area is 162 Å². The van der Waals surface area contributed by atoms with Gasteiger partial charge in [-0.05, 0) is 37.3 Å². The molecule has 1 fully saturated rings. The fourth-order valence-corrected chi connectivity index (χ4v) is 3.67. The Bertz CT molecular complexity index is 1070. The number of hydrogen-bond acceptors (Lipinski definition) is 5. The lowest BCUT2D eigenvalue weighted by molar-refractivity contribution is 0.0697. The van der Waals surface area contributed by atoms with Crippen molar-refractivity contribution in [3.8, 4) is 0 Å². The molecule has 0 saturated carbocycles. The van der Waals surface area contributed by atoms with Gasteiger partial charge in [0.2, 0.25) is 5.95 Å². The molecule has 1 aromatic heterocycles. The van der Waals surface area contributed by atoms with Crippen molar-refractivity contribution in [1.82, 2.24) is 9.55 Å². The predicted molar refractivity (Wildman–Crippen MR) is 110 cm³/mol. The summed E-state index contributed by atoms with van der Waals surface area (Å²) in [7, 11) is 0. The lowest BCUT2D eigenvalue weighted by Crippen LogP contribution is -2.48. The normalized spacial score (nSPS) is 14.5. The second kappa shape index (κ2) is 7.34. The van der Waals surface area contributed by atoms with Crippen molar-refractivity contribution in [3.05, 3.63) is 64.4 Å². The van der Waals surface area contributed by atoms with E-state index in [1.165, 1.54) is 17.8 Å².